The van der Waals surface area contributed by atoms with Crippen molar-refractivity contribution in [3.8, 4) is 17.0 Å². The summed E-state index contributed by atoms with van der Waals surface area (Å²) in [5, 5.41) is 6.19. The third-order valence-corrected chi connectivity index (χ3v) is 16.0. The van der Waals surface area contributed by atoms with Gasteiger partial charge in [0.1, 0.15) is 46.7 Å². The van der Waals surface area contributed by atoms with E-state index in [-0.39, 0.29) is 36.8 Å². The lowest BCUT2D eigenvalue weighted by Crippen LogP contribution is -2.58. The van der Waals surface area contributed by atoms with Gasteiger partial charge in [-0.3, -0.25) is 19.1 Å². The normalized spacial score (nSPS) is 26.7. The van der Waals surface area contributed by atoms with Gasteiger partial charge in [-0.15, -0.1) is 0 Å². The Morgan fingerprint density at radius 1 is 0.984 bits per heavy atom. The minimum atomic E-state index is -4.03. The number of benzene rings is 2. The van der Waals surface area contributed by atoms with Crippen LogP contribution in [0.2, 0.25) is 0 Å². The molecule has 0 spiro atoms. The number of allylic oxidation sites excluding steroid dienone is 1. The summed E-state index contributed by atoms with van der Waals surface area (Å²) in [6.07, 6.45) is 9.54. The van der Waals surface area contributed by atoms with Crippen molar-refractivity contribution in [2.24, 2.45) is 5.92 Å². The Bertz CT molecular complexity index is 2620. The maximum Gasteiger partial charge on any atom is 0.408 e. The Kier molecular flexibility index (Phi) is 11.7. The molecule has 2 aromatic carbocycles. The maximum atomic E-state index is 14.9. The van der Waals surface area contributed by atoms with E-state index < -0.39 is 74.0 Å². The molecule has 3 saturated carbocycles. The minimum absolute atomic E-state index is 0.0253. The van der Waals surface area contributed by atoms with Gasteiger partial charge in [-0.25, -0.2) is 22.6 Å². The van der Waals surface area contributed by atoms with Gasteiger partial charge in [0.15, 0.2) is 11.3 Å². The van der Waals surface area contributed by atoms with Crippen LogP contribution in [-0.4, -0.2) is 83.2 Å². The van der Waals surface area contributed by atoms with Crippen LogP contribution in [-0.2, 0) is 29.1 Å². The number of pyridine rings is 1. The van der Waals surface area contributed by atoms with Crippen molar-refractivity contribution in [3.05, 3.63) is 72.1 Å². The number of sulfonamides is 1. The van der Waals surface area contributed by atoms with Crippen LogP contribution in [0.1, 0.15) is 116 Å². The van der Waals surface area contributed by atoms with E-state index in [4.69, 9.17) is 18.9 Å². The van der Waals surface area contributed by atoms with E-state index >= 15 is 0 Å². The molecule has 16 heteroatoms. The predicted molar refractivity (Wildman–Crippen MR) is 237 cm³/mol. The molecule has 3 aliphatic carbocycles. The molecule has 0 bridgehead atoms. The van der Waals surface area contributed by atoms with Crippen molar-refractivity contribution in [2.75, 3.05) is 6.54 Å². The summed E-state index contributed by atoms with van der Waals surface area (Å²) in [5.74, 6) is -2.36. The highest BCUT2D eigenvalue weighted by Gasteiger charge is 2.63. The third-order valence-electron chi connectivity index (χ3n) is 13.9. The lowest BCUT2D eigenvalue weighted by Gasteiger charge is -2.30. The van der Waals surface area contributed by atoms with Gasteiger partial charge >= 0.3 is 6.09 Å². The number of nitrogens with one attached hydrogen (secondary N) is 3. The smallest absolute Gasteiger partial charge is 0.408 e. The number of amides is 4. The standard InChI is InChI=1S/C48H56FN5O9S/c1-28(2)29-15-17-30(18-16-29)37-25-40(42-41(50-37)35-23-32(49)19-20-39(35)63-42)61-34-24-38-43(55)52-48(45(57)53-64(59,60)47(3)21-22-47)26-31(48)11-7-5-4-6-8-14-36(44(56)54(38)27-34)51-46(58)62-33-12-9-10-13-33/h7,11,15-20,23,25,28,31,33-34,36,38H,4-6,8-10,12-14,21-22,24,26-27H2,1-3H3,(H,51,58)(H,52,55)(H,53,57)/b11-7-/t31-,34+,36-,38-,48+/m0/s1. The molecule has 5 aliphatic rings. The van der Waals surface area contributed by atoms with Crippen molar-refractivity contribution in [2.45, 2.75) is 145 Å². The first-order chi connectivity index (χ1) is 30.6. The van der Waals surface area contributed by atoms with Crippen LogP contribution in [0, 0.1) is 11.7 Å². The zero-order valence-electron chi connectivity index (χ0n) is 36.5. The van der Waals surface area contributed by atoms with Gasteiger partial charge in [-0.05, 0) is 101 Å². The topological polar surface area (TPSA) is 186 Å². The summed E-state index contributed by atoms with van der Waals surface area (Å²) in [6, 6.07) is 11.7. The van der Waals surface area contributed by atoms with Gasteiger partial charge in [0.05, 0.1) is 17.0 Å². The quantitative estimate of drug-likeness (QED) is 0.141. The van der Waals surface area contributed by atoms with E-state index in [1.54, 1.807) is 13.0 Å². The van der Waals surface area contributed by atoms with Gasteiger partial charge in [0, 0.05) is 29.4 Å². The van der Waals surface area contributed by atoms with E-state index in [0.29, 0.717) is 60.2 Å². The van der Waals surface area contributed by atoms with Crippen molar-refractivity contribution in [1.29, 1.82) is 0 Å². The van der Waals surface area contributed by atoms with Gasteiger partial charge < -0.3 is 29.4 Å². The summed E-state index contributed by atoms with van der Waals surface area (Å²) in [7, 11) is -4.03. The summed E-state index contributed by atoms with van der Waals surface area (Å²) in [5.41, 5.74) is 1.91. The van der Waals surface area contributed by atoms with Crippen molar-refractivity contribution >= 4 is 55.9 Å². The van der Waals surface area contributed by atoms with E-state index in [9.17, 15) is 32.0 Å². The Morgan fingerprint density at radius 2 is 1.73 bits per heavy atom. The first-order valence-corrected chi connectivity index (χ1v) is 24.2. The number of alkyl carbamates (subject to hydrolysis) is 1. The molecule has 4 fully saturated rings. The molecular formula is C48H56FN5O9S. The number of hydrogen-bond donors (Lipinski definition) is 3. The highest BCUT2D eigenvalue weighted by atomic mass is 32.2. The van der Waals surface area contributed by atoms with Crippen LogP contribution in [0.25, 0.3) is 33.3 Å². The van der Waals surface area contributed by atoms with Crippen molar-refractivity contribution in [1.82, 2.24) is 25.2 Å². The molecule has 4 amide bonds. The second-order valence-electron chi connectivity index (χ2n) is 18.9. The average Bonchev–Trinajstić information content (AvgIpc) is 3.93. The second kappa shape index (κ2) is 17.1. The van der Waals surface area contributed by atoms with Crippen LogP contribution >= 0.6 is 0 Å². The molecule has 9 rings (SSSR count). The number of halogens is 1. The lowest BCUT2D eigenvalue weighted by molar-refractivity contribution is -0.141. The molecule has 5 atom stereocenters. The van der Waals surface area contributed by atoms with E-state index in [0.717, 1.165) is 49.7 Å². The molecule has 2 aromatic heterocycles. The maximum absolute atomic E-state index is 14.9. The number of nitrogens with zero attached hydrogens (tertiary/aromatic N) is 2. The molecule has 340 valence electrons. The number of ether oxygens (including phenoxy) is 2. The van der Waals surface area contributed by atoms with Gasteiger partial charge in [-0.2, -0.15) is 0 Å². The van der Waals surface area contributed by atoms with Crippen LogP contribution in [0.4, 0.5) is 9.18 Å². The fraction of sp³-hybridized carbons (Fsp3) is 0.521. The molecule has 4 heterocycles. The molecule has 4 aromatic rings. The third kappa shape index (κ3) is 8.69. The number of aromatic nitrogens is 1. The van der Waals surface area contributed by atoms with Crippen molar-refractivity contribution < 1.29 is 45.9 Å². The SMILES string of the molecule is CC(C)c1ccc(-c2cc(O[C@@H]3C[C@H]4C(=O)N[C@]5(C(=O)NS(=O)(=O)C6(C)CC6)C[C@@H]5/C=C\CCCCC[C@H](NC(=O)OC5CCCC5)C(=O)N4C3)c3oc4ccc(F)cc4c3n2)cc1. The first-order valence-electron chi connectivity index (χ1n) is 22.8. The fourth-order valence-electron chi connectivity index (χ4n) is 9.41. The van der Waals surface area contributed by atoms with Crippen molar-refractivity contribution in [3.63, 3.8) is 0 Å². The van der Waals surface area contributed by atoms with Crippen LogP contribution in [0.15, 0.2) is 65.1 Å². The Hall–Kier alpha value is -5.51. The summed E-state index contributed by atoms with van der Waals surface area (Å²) in [4.78, 5) is 63.3. The van der Waals surface area contributed by atoms with Crippen LogP contribution < -0.4 is 20.1 Å². The zero-order chi connectivity index (χ0) is 45.0. The van der Waals surface area contributed by atoms with Crippen LogP contribution in [0.5, 0.6) is 5.75 Å². The Morgan fingerprint density at radius 3 is 2.47 bits per heavy atom. The first kappa shape index (κ1) is 43.7. The monoisotopic (exact) mass is 897 g/mol. The highest BCUT2D eigenvalue weighted by molar-refractivity contribution is 7.91. The molecule has 2 aliphatic heterocycles. The van der Waals surface area contributed by atoms with Crippen LogP contribution in [0.3, 0.4) is 0 Å². The number of rotatable bonds is 9. The van der Waals surface area contributed by atoms with E-state index in [1.165, 1.54) is 23.1 Å². The summed E-state index contributed by atoms with van der Waals surface area (Å²) in [6.45, 7) is 5.71. The van der Waals surface area contributed by atoms with Gasteiger partial charge in [0.2, 0.25) is 21.8 Å². The van der Waals surface area contributed by atoms with Gasteiger partial charge in [-0.1, -0.05) is 63.1 Å². The molecule has 14 nitrogen and oxygen atoms in total. The number of fused-ring (bicyclic) bond motifs is 5. The number of furan rings is 1. The molecule has 0 unspecified atom stereocenters. The van der Waals surface area contributed by atoms with Gasteiger partial charge in [0.25, 0.3) is 5.91 Å². The molecule has 1 saturated heterocycles. The molecule has 3 N–H and O–H groups in total. The molecule has 64 heavy (non-hydrogen) atoms. The number of hydrogen-bond acceptors (Lipinski definition) is 10. The zero-order valence-corrected chi connectivity index (χ0v) is 37.3. The second-order valence-corrected chi connectivity index (χ2v) is 21.1. The Labute approximate surface area is 372 Å². The summed E-state index contributed by atoms with van der Waals surface area (Å²) >= 11 is 0. The average molecular weight is 898 g/mol. The van der Waals surface area contributed by atoms with E-state index in [2.05, 4.69) is 29.2 Å². The number of carbonyl (C=O) groups excluding carboxylic acids is 4. The molecule has 0 radical (unpaired) electrons. The summed E-state index contributed by atoms with van der Waals surface area (Å²) < 4.78 is 61.2. The minimum Gasteiger partial charge on any atom is -0.484 e. The fourth-order valence-corrected chi connectivity index (χ4v) is 10.7. The lowest BCUT2D eigenvalue weighted by atomic mass is 10.0. The largest absolute Gasteiger partial charge is 0.484 e. The number of carbonyl (C=O) groups is 4. The van der Waals surface area contributed by atoms with E-state index in [1.807, 2.05) is 36.4 Å². The predicted octanol–water partition coefficient (Wildman–Crippen LogP) is 7.69. The Balaban J connectivity index is 1.06. The highest BCUT2D eigenvalue weighted by Crippen LogP contribution is 2.48. The molecular weight excluding hydrogens is 842 g/mol.